The highest BCUT2D eigenvalue weighted by molar-refractivity contribution is 5.63. The molecule has 16 heavy (non-hydrogen) atoms. The van der Waals surface area contributed by atoms with E-state index in [1.54, 1.807) is 12.5 Å². The molecule has 84 valence electrons. The molecule has 1 unspecified atom stereocenters. The van der Waals surface area contributed by atoms with E-state index in [-0.39, 0.29) is 0 Å². The molecule has 6 nitrogen and oxygen atoms in total. The van der Waals surface area contributed by atoms with Crippen LogP contribution in [0.5, 0.6) is 0 Å². The van der Waals surface area contributed by atoms with E-state index in [4.69, 9.17) is 0 Å². The van der Waals surface area contributed by atoms with Crippen LogP contribution in [0.4, 0.5) is 5.82 Å². The number of hydrogen-bond acceptors (Lipinski definition) is 5. The van der Waals surface area contributed by atoms with E-state index < -0.39 is 0 Å². The molecule has 2 aromatic heterocycles. The van der Waals surface area contributed by atoms with Gasteiger partial charge in [0.15, 0.2) is 5.82 Å². The maximum absolute atomic E-state index is 4.40. The van der Waals surface area contributed by atoms with Crippen LogP contribution in [0.3, 0.4) is 0 Å². The van der Waals surface area contributed by atoms with Crippen LogP contribution >= 0.6 is 0 Å². The Morgan fingerprint density at radius 3 is 3.31 bits per heavy atom. The Kier molecular flexibility index (Phi) is 2.21. The fraction of sp³-hybridized carbons (Fsp3) is 0.500. The van der Waals surface area contributed by atoms with Crippen LogP contribution in [0.15, 0.2) is 18.7 Å². The minimum absolute atomic E-state index is 0.496. The van der Waals surface area contributed by atoms with E-state index in [0.717, 1.165) is 31.0 Å². The van der Waals surface area contributed by atoms with Gasteiger partial charge in [0.05, 0.1) is 0 Å². The zero-order valence-electron chi connectivity index (χ0n) is 9.17. The average Bonchev–Trinajstić information content (AvgIpc) is 2.98. The van der Waals surface area contributed by atoms with E-state index in [2.05, 4.69) is 32.4 Å². The summed E-state index contributed by atoms with van der Waals surface area (Å²) >= 11 is 0. The Hall–Kier alpha value is -1.69. The topological polar surface area (TPSA) is 58.4 Å². The third-order valence-electron chi connectivity index (χ3n) is 3.11. The minimum atomic E-state index is 0.496. The van der Waals surface area contributed by atoms with Gasteiger partial charge in [0.2, 0.25) is 5.65 Å². The summed E-state index contributed by atoms with van der Waals surface area (Å²) in [4.78, 5) is 6.58. The molecule has 0 spiro atoms. The minimum Gasteiger partial charge on any atom is -0.352 e. The summed E-state index contributed by atoms with van der Waals surface area (Å²) in [6.07, 6.45) is 6.48. The van der Waals surface area contributed by atoms with Gasteiger partial charge >= 0.3 is 0 Å². The first-order chi connectivity index (χ1) is 7.86. The fourth-order valence-electron chi connectivity index (χ4n) is 2.14. The van der Waals surface area contributed by atoms with Gasteiger partial charge < -0.3 is 10.2 Å². The molecule has 3 heterocycles. The highest BCUT2D eigenvalue weighted by Gasteiger charge is 2.22. The van der Waals surface area contributed by atoms with Crippen molar-refractivity contribution in [2.75, 3.05) is 25.0 Å². The number of rotatable bonds is 2. The summed E-state index contributed by atoms with van der Waals surface area (Å²) in [5.41, 5.74) is 0.817. The predicted molar refractivity (Wildman–Crippen MR) is 60.5 cm³/mol. The summed E-state index contributed by atoms with van der Waals surface area (Å²) in [7, 11) is 2.06. The zero-order valence-corrected chi connectivity index (χ0v) is 9.17. The normalized spacial score (nSPS) is 20.4. The van der Waals surface area contributed by atoms with Gasteiger partial charge in [-0.15, -0.1) is 10.2 Å². The smallest absolute Gasteiger partial charge is 0.203 e. The molecule has 1 aliphatic rings. The van der Waals surface area contributed by atoms with Gasteiger partial charge in [0, 0.05) is 32.0 Å². The van der Waals surface area contributed by atoms with E-state index in [9.17, 15) is 0 Å². The predicted octanol–water partition coefficient (Wildman–Crippen LogP) is -0.0776. The molecule has 1 saturated heterocycles. The number of nitrogens with zero attached hydrogens (tertiary/aromatic N) is 5. The molecule has 6 heteroatoms. The monoisotopic (exact) mass is 218 g/mol. The van der Waals surface area contributed by atoms with Gasteiger partial charge in [-0.25, -0.2) is 4.98 Å². The standard InChI is InChI=1S/C10H14N6/c1-15(8-2-3-11-6-8)9-10-14-13-7-16(10)5-4-12-9/h4-5,7-8,11H,2-3,6H2,1H3. The second-order valence-corrected chi connectivity index (χ2v) is 4.07. The molecular formula is C10H14N6. The molecular weight excluding hydrogens is 204 g/mol. The zero-order chi connectivity index (χ0) is 11.0. The molecule has 0 bridgehead atoms. The van der Waals surface area contributed by atoms with Crippen molar-refractivity contribution >= 4 is 11.5 Å². The maximum Gasteiger partial charge on any atom is 0.203 e. The van der Waals surface area contributed by atoms with Crippen LogP contribution in [0.1, 0.15) is 6.42 Å². The number of likely N-dealkylation sites (N-methyl/N-ethyl adjacent to an activating group) is 1. The molecule has 0 amide bonds. The third-order valence-corrected chi connectivity index (χ3v) is 3.11. The Balaban J connectivity index is 2.00. The lowest BCUT2D eigenvalue weighted by Crippen LogP contribution is -2.34. The number of fused-ring (bicyclic) bond motifs is 1. The highest BCUT2D eigenvalue weighted by atomic mass is 15.3. The molecule has 1 fully saturated rings. The van der Waals surface area contributed by atoms with Crippen molar-refractivity contribution in [3.05, 3.63) is 18.7 Å². The van der Waals surface area contributed by atoms with Crippen molar-refractivity contribution in [2.45, 2.75) is 12.5 Å². The van der Waals surface area contributed by atoms with Gasteiger partial charge in [-0.2, -0.15) is 0 Å². The number of aromatic nitrogens is 4. The summed E-state index contributed by atoms with van der Waals surface area (Å²) in [5.74, 6) is 0.897. The molecule has 0 saturated carbocycles. The van der Waals surface area contributed by atoms with E-state index >= 15 is 0 Å². The summed E-state index contributed by atoms with van der Waals surface area (Å²) in [6.45, 7) is 2.08. The van der Waals surface area contributed by atoms with Crippen molar-refractivity contribution in [2.24, 2.45) is 0 Å². The van der Waals surface area contributed by atoms with E-state index in [0.29, 0.717) is 6.04 Å². The van der Waals surface area contributed by atoms with Crippen molar-refractivity contribution in [3.63, 3.8) is 0 Å². The van der Waals surface area contributed by atoms with E-state index in [1.807, 2.05) is 10.6 Å². The third kappa shape index (κ3) is 1.42. The van der Waals surface area contributed by atoms with Gasteiger partial charge in [0.25, 0.3) is 0 Å². The van der Waals surface area contributed by atoms with Crippen LogP contribution in [0.25, 0.3) is 5.65 Å². The molecule has 2 aromatic rings. The highest BCUT2D eigenvalue weighted by Crippen LogP contribution is 2.19. The number of nitrogens with one attached hydrogen (secondary N) is 1. The molecule has 0 aromatic carbocycles. The van der Waals surface area contributed by atoms with Crippen LogP contribution in [-0.4, -0.2) is 45.8 Å². The first-order valence-corrected chi connectivity index (χ1v) is 5.44. The summed E-state index contributed by atoms with van der Waals surface area (Å²) < 4.78 is 1.89. The first kappa shape index (κ1) is 9.53. The molecule has 3 rings (SSSR count). The van der Waals surface area contributed by atoms with Crippen molar-refractivity contribution in [1.82, 2.24) is 24.9 Å². The Labute approximate surface area is 93.3 Å². The Morgan fingerprint density at radius 1 is 1.56 bits per heavy atom. The van der Waals surface area contributed by atoms with Gasteiger partial charge in [-0.05, 0) is 13.0 Å². The second kappa shape index (κ2) is 3.71. The van der Waals surface area contributed by atoms with Crippen molar-refractivity contribution in [1.29, 1.82) is 0 Å². The van der Waals surface area contributed by atoms with Crippen LogP contribution in [0, 0.1) is 0 Å². The average molecular weight is 218 g/mol. The molecule has 0 radical (unpaired) electrons. The first-order valence-electron chi connectivity index (χ1n) is 5.44. The number of anilines is 1. The van der Waals surface area contributed by atoms with Crippen LogP contribution < -0.4 is 10.2 Å². The molecule has 1 aliphatic heterocycles. The number of hydrogen-bond donors (Lipinski definition) is 1. The van der Waals surface area contributed by atoms with Crippen LogP contribution in [-0.2, 0) is 0 Å². The lowest BCUT2D eigenvalue weighted by atomic mass is 10.2. The lowest BCUT2D eigenvalue weighted by Gasteiger charge is -2.24. The van der Waals surface area contributed by atoms with Crippen LogP contribution in [0.2, 0.25) is 0 Å². The van der Waals surface area contributed by atoms with Gasteiger partial charge in [-0.1, -0.05) is 0 Å². The van der Waals surface area contributed by atoms with Crippen molar-refractivity contribution in [3.8, 4) is 0 Å². The Bertz CT molecular complexity index is 487. The lowest BCUT2D eigenvalue weighted by molar-refractivity contribution is 0.678. The quantitative estimate of drug-likeness (QED) is 0.764. The Morgan fingerprint density at radius 2 is 2.50 bits per heavy atom. The van der Waals surface area contributed by atoms with E-state index in [1.165, 1.54) is 0 Å². The fourth-order valence-corrected chi connectivity index (χ4v) is 2.14. The molecule has 1 atom stereocenters. The largest absolute Gasteiger partial charge is 0.352 e. The van der Waals surface area contributed by atoms with Gasteiger partial charge in [-0.3, -0.25) is 4.40 Å². The van der Waals surface area contributed by atoms with Gasteiger partial charge in [0.1, 0.15) is 6.33 Å². The SMILES string of the molecule is CN(c1nccn2cnnc12)C1CCNC1. The second-order valence-electron chi connectivity index (χ2n) is 4.07. The summed E-state index contributed by atoms with van der Waals surface area (Å²) in [6, 6.07) is 0.496. The molecule has 1 N–H and O–H groups in total. The maximum atomic E-state index is 4.40. The summed E-state index contributed by atoms with van der Waals surface area (Å²) in [5, 5.41) is 11.4. The van der Waals surface area contributed by atoms with Crippen molar-refractivity contribution < 1.29 is 0 Å². The molecule has 0 aliphatic carbocycles.